The third kappa shape index (κ3) is 9.33. The van der Waals surface area contributed by atoms with Crippen LogP contribution in [-0.2, 0) is 45.0 Å². The number of carbonyl (C=O) groups is 2. The molecule has 0 bridgehead atoms. The van der Waals surface area contributed by atoms with Gasteiger partial charge in [-0.2, -0.15) is 0 Å². The Balaban J connectivity index is 1.30. The van der Waals surface area contributed by atoms with Crippen molar-refractivity contribution in [3.8, 4) is 0 Å². The standard InChI is InChI=1S/C38H56Cl2N6O6S4/c1-33(2,3)51-31(47)45-15-12-37(13-16-45)20-23-25(53-29(39)41-23)27(37)44-56(50)36(10,11)18-22-19-38(14-17-46(22)32(48)52-34(4,5)6)21-24-26(54-30(40)42-24)28(38)43-55(49)35(7,8)9/h22,28,43H,12-21H2,1-11H3/b44-27+/t22?,28-,38?,55-,56-/m1/s1. The molecule has 56 heavy (non-hydrogen) atoms. The lowest BCUT2D eigenvalue weighted by Gasteiger charge is -2.49. The van der Waals surface area contributed by atoms with E-state index in [1.165, 1.54) is 22.7 Å². The van der Waals surface area contributed by atoms with Crippen LogP contribution < -0.4 is 4.72 Å². The molecule has 18 heteroatoms. The maximum Gasteiger partial charge on any atom is 0.410 e. The molecule has 1 N–H and O–H groups in total. The Kier molecular flexibility index (Phi) is 12.3. The number of likely N-dealkylation sites (tertiary alicyclic amines) is 2. The zero-order valence-corrected chi connectivity index (χ0v) is 39.1. The lowest BCUT2D eigenvalue weighted by atomic mass is 9.70. The number of fused-ring (bicyclic) bond motifs is 2. The first-order valence-corrected chi connectivity index (χ1v) is 23.8. The number of rotatable bonds is 6. The van der Waals surface area contributed by atoms with Crippen molar-refractivity contribution in [2.24, 2.45) is 15.2 Å². The van der Waals surface area contributed by atoms with E-state index < -0.39 is 60.3 Å². The summed E-state index contributed by atoms with van der Waals surface area (Å²) in [6, 6.07) is -0.670. The van der Waals surface area contributed by atoms with E-state index in [1.807, 2.05) is 76.2 Å². The van der Waals surface area contributed by atoms with Gasteiger partial charge >= 0.3 is 12.2 Å². The van der Waals surface area contributed by atoms with Crippen molar-refractivity contribution in [2.75, 3.05) is 19.6 Å². The van der Waals surface area contributed by atoms with Crippen molar-refractivity contribution in [2.45, 2.75) is 154 Å². The fourth-order valence-electron chi connectivity index (χ4n) is 8.35. The second-order valence-corrected chi connectivity index (χ2v) is 26.3. The Morgan fingerprint density at radius 3 is 2.07 bits per heavy atom. The first-order valence-electron chi connectivity index (χ1n) is 19.2. The fraction of sp³-hybridized carbons (Fsp3) is 0.763. The van der Waals surface area contributed by atoms with Crippen LogP contribution in [0.4, 0.5) is 9.59 Å². The minimum Gasteiger partial charge on any atom is -0.598 e. The third-order valence-corrected chi connectivity index (χ3v) is 16.6. The molecule has 312 valence electrons. The minimum atomic E-state index is -1.76. The summed E-state index contributed by atoms with van der Waals surface area (Å²) in [6.07, 6.45) is 3.24. The van der Waals surface area contributed by atoms with Gasteiger partial charge in [-0.05, 0) is 108 Å². The van der Waals surface area contributed by atoms with Gasteiger partial charge in [0.1, 0.15) is 37.8 Å². The van der Waals surface area contributed by atoms with Crippen molar-refractivity contribution in [1.82, 2.24) is 24.5 Å². The summed E-state index contributed by atoms with van der Waals surface area (Å²) in [5.74, 6) is 0. The van der Waals surface area contributed by atoms with Crippen molar-refractivity contribution in [3.05, 3.63) is 30.1 Å². The van der Waals surface area contributed by atoms with E-state index in [4.69, 9.17) is 37.1 Å². The molecule has 2 aromatic heterocycles. The zero-order chi connectivity index (χ0) is 41.4. The number of carbonyl (C=O) groups excluding carboxylic acids is 2. The molecule has 2 aromatic rings. The molecule has 2 spiro atoms. The van der Waals surface area contributed by atoms with Crippen LogP contribution >= 0.6 is 45.9 Å². The number of hydrogen-bond acceptors (Lipinski definition) is 12. The molecule has 2 unspecified atom stereocenters. The molecule has 0 saturated carbocycles. The van der Waals surface area contributed by atoms with Crippen LogP contribution in [0.25, 0.3) is 0 Å². The Bertz CT molecular complexity index is 1840. The molecule has 2 aliphatic carbocycles. The Labute approximate surface area is 355 Å². The number of ether oxygens (including phenoxy) is 2. The average molecular weight is 892 g/mol. The quantitative estimate of drug-likeness (QED) is 0.280. The van der Waals surface area contributed by atoms with E-state index in [0.29, 0.717) is 73.5 Å². The summed E-state index contributed by atoms with van der Waals surface area (Å²) in [5, 5.41) is 0. The predicted octanol–water partition coefficient (Wildman–Crippen LogP) is 8.84. The molecule has 4 heterocycles. The van der Waals surface area contributed by atoms with Gasteiger partial charge in [0, 0.05) is 60.7 Å². The Hall–Kier alpha value is -1.37. The first kappa shape index (κ1) is 44.2. The molecule has 4 aliphatic rings. The second kappa shape index (κ2) is 15.6. The number of aromatic nitrogens is 2. The van der Waals surface area contributed by atoms with Crippen LogP contribution in [0, 0.1) is 10.8 Å². The van der Waals surface area contributed by atoms with E-state index in [0.717, 1.165) is 26.9 Å². The van der Waals surface area contributed by atoms with Crippen LogP contribution in [0.5, 0.6) is 0 Å². The fourth-order valence-corrected chi connectivity index (χ4v) is 13.1. The van der Waals surface area contributed by atoms with E-state index in [2.05, 4.69) is 14.7 Å². The van der Waals surface area contributed by atoms with Gasteiger partial charge in [0.05, 0.1) is 27.2 Å². The highest BCUT2D eigenvalue weighted by Gasteiger charge is 2.57. The summed E-state index contributed by atoms with van der Waals surface area (Å²) in [5.41, 5.74) is 0.289. The van der Waals surface area contributed by atoms with Gasteiger partial charge in [0.2, 0.25) is 0 Å². The highest BCUT2D eigenvalue weighted by molar-refractivity contribution is 7.91. The highest BCUT2D eigenvalue weighted by atomic mass is 35.5. The Morgan fingerprint density at radius 1 is 0.875 bits per heavy atom. The normalized spacial score (nSPS) is 25.8. The Morgan fingerprint density at radius 2 is 1.46 bits per heavy atom. The van der Waals surface area contributed by atoms with E-state index in [9.17, 15) is 18.7 Å². The molecule has 5 atom stereocenters. The second-order valence-electron chi connectivity index (χ2n) is 19.4. The van der Waals surface area contributed by atoms with Crippen LogP contribution in [-0.4, -0.2) is 93.1 Å². The van der Waals surface area contributed by atoms with E-state index in [1.54, 1.807) is 9.80 Å². The van der Waals surface area contributed by atoms with Gasteiger partial charge in [-0.15, -0.1) is 27.4 Å². The molecule has 0 radical (unpaired) electrons. The number of halogens is 2. The first-order chi connectivity index (χ1) is 25.7. The van der Waals surface area contributed by atoms with Crippen molar-refractivity contribution in [1.29, 1.82) is 0 Å². The van der Waals surface area contributed by atoms with E-state index in [-0.39, 0.29) is 18.2 Å². The molecule has 12 nitrogen and oxygen atoms in total. The number of hydrogen-bond donors (Lipinski definition) is 1. The zero-order valence-electron chi connectivity index (χ0n) is 34.3. The summed E-state index contributed by atoms with van der Waals surface area (Å²) in [4.78, 5) is 41.5. The highest BCUT2D eigenvalue weighted by Crippen LogP contribution is 2.57. The number of piperidine rings is 2. The van der Waals surface area contributed by atoms with Gasteiger partial charge in [0.25, 0.3) is 0 Å². The molecular weight excluding hydrogens is 836 g/mol. The van der Waals surface area contributed by atoms with Crippen molar-refractivity contribution in [3.63, 3.8) is 0 Å². The van der Waals surface area contributed by atoms with Crippen molar-refractivity contribution >= 4 is 86.5 Å². The van der Waals surface area contributed by atoms with Crippen LogP contribution in [0.15, 0.2) is 4.40 Å². The van der Waals surface area contributed by atoms with Gasteiger partial charge in [-0.25, -0.2) is 19.6 Å². The monoisotopic (exact) mass is 890 g/mol. The maximum absolute atomic E-state index is 14.8. The summed E-state index contributed by atoms with van der Waals surface area (Å²) >= 11 is 12.5. The summed E-state index contributed by atoms with van der Waals surface area (Å²) < 4.78 is 48.0. The average Bonchev–Trinajstić information content (AvgIpc) is 3.73. The van der Waals surface area contributed by atoms with Gasteiger partial charge in [-0.1, -0.05) is 27.6 Å². The molecule has 6 rings (SSSR count). The van der Waals surface area contributed by atoms with Gasteiger partial charge in [0.15, 0.2) is 8.93 Å². The summed E-state index contributed by atoms with van der Waals surface area (Å²) in [7, 11) is 0. The number of nitrogens with zero attached hydrogens (tertiary/aromatic N) is 5. The smallest absolute Gasteiger partial charge is 0.410 e. The lowest BCUT2D eigenvalue weighted by Crippen LogP contribution is -2.56. The van der Waals surface area contributed by atoms with Gasteiger partial charge in [-0.3, -0.25) is 0 Å². The molecular formula is C38H56Cl2N6O6S4. The SMILES string of the molecule is CC(C)(C)OC(=O)N1CCC2(CC1)Cc1nc(Cl)sc1/C2=N\[S@+]([O-])C(C)(C)CC1CC2(CCN1C(=O)OC(C)(C)C)Cc1nc(Cl)sc1[C@H]2N[S@+]([O-])C(C)(C)C. The molecule has 2 amide bonds. The largest absolute Gasteiger partial charge is 0.598 e. The molecule has 2 aliphatic heterocycles. The molecule has 2 saturated heterocycles. The summed E-state index contributed by atoms with van der Waals surface area (Å²) in [6.45, 7) is 22.2. The molecule has 0 aromatic carbocycles. The minimum absolute atomic E-state index is 0.293. The lowest BCUT2D eigenvalue weighted by molar-refractivity contribution is -0.0159. The van der Waals surface area contributed by atoms with Crippen LogP contribution in [0.3, 0.4) is 0 Å². The van der Waals surface area contributed by atoms with Crippen LogP contribution in [0.1, 0.15) is 135 Å². The van der Waals surface area contributed by atoms with Crippen LogP contribution in [0.2, 0.25) is 8.93 Å². The number of amides is 2. The molecule has 2 fully saturated rings. The van der Waals surface area contributed by atoms with Gasteiger partial charge < -0.3 is 28.4 Å². The van der Waals surface area contributed by atoms with Crippen molar-refractivity contribution < 1.29 is 28.2 Å². The topological polar surface area (TPSA) is 155 Å². The third-order valence-electron chi connectivity index (χ3n) is 11.1. The number of nitrogens with one attached hydrogen (secondary N) is 1. The number of thiazole rings is 2. The maximum atomic E-state index is 14.8. The van der Waals surface area contributed by atoms with E-state index >= 15 is 0 Å². The predicted molar refractivity (Wildman–Crippen MR) is 227 cm³/mol.